The average molecular weight is 206 g/mol. The molecule has 1 saturated heterocycles. The number of nitrogens with two attached hydrogens (primary N) is 1. The molecule has 2 rings (SSSR count). The number of nitrogens with zero attached hydrogens (tertiary/aromatic N) is 3. The highest BCUT2D eigenvalue weighted by Gasteiger charge is 2.20. The van der Waals surface area contributed by atoms with E-state index in [-0.39, 0.29) is 0 Å². The maximum Gasteiger partial charge on any atom is 0.115 e. The Morgan fingerprint density at radius 2 is 1.87 bits per heavy atom. The summed E-state index contributed by atoms with van der Waals surface area (Å²) < 4.78 is 0. The lowest BCUT2D eigenvalue weighted by Gasteiger charge is -2.33. The number of rotatable bonds is 3. The Kier molecular flexibility index (Phi) is 3.64. The Morgan fingerprint density at radius 3 is 2.47 bits per heavy atom. The van der Waals surface area contributed by atoms with Crippen LogP contribution in [0, 0.1) is 0 Å². The van der Waals surface area contributed by atoms with Crippen molar-refractivity contribution in [2.45, 2.75) is 25.3 Å². The molecule has 0 bridgehead atoms. The molecular formula is C11H18N4. The molecule has 82 valence electrons. The van der Waals surface area contributed by atoms with E-state index >= 15 is 0 Å². The molecule has 1 fully saturated rings. The average Bonchev–Trinajstić information content (AvgIpc) is 2.33. The summed E-state index contributed by atoms with van der Waals surface area (Å²) in [5, 5.41) is 0. The van der Waals surface area contributed by atoms with Gasteiger partial charge in [-0.2, -0.15) is 0 Å². The molecule has 4 nitrogen and oxygen atoms in total. The Hall–Kier alpha value is -1.00. The van der Waals surface area contributed by atoms with E-state index in [2.05, 4.69) is 14.9 Å². The Labute approximate surface area is 90.5 Å². The molecule has 1 aromatic rings. The summed E-state index contributed by atoms with van der Waals surface area (Å²) in [6.07, 6.45) is 9.22. The Bertz CT molecular complexity index is 282. The van der Waals surface area contributed by atoms with Gasteiger partial charge in [-0.25, -0.2) is 9.97 Å². The van der Waals surface area contributed by atoms with Gasteiger partial charge in [0.1, 0.15) is 6.33 Å². The zero-order valence-corrected chi connectivity index (χ0v) is 8.97. The summed E-state index contributed by atoms with van der Waals surface area (Å²) in [7, 11) is 0. The normalized spacial score (nSPS) is 20.1. The maximum absolute atomic E-state index is 5.84. The van der Waals surface area contributed by atoms with E-state index in [1.54, 1.807) is 6.33 Å². The van der Waals surface area contributed by atoms with Crippen molar-refractivity contribution in [1.29, 1.82) is 0 Å². The van der Waals surface area contributed by atoms with Crippen LogP contribution in [-0.4, -0.2) is 34.5 Å². The van der Waals surface area contributed by atoms with Gasteiger partial charge in [0.15, 0.2) is 0 Å². The predicted octanol–water partition coefficient (Wildman–Crippen LogP) is 0.962. The van der Waals surface area contributed by atoms with Crippen molar-refractivity contribution in [2.24, 2.45) is 5.73 Å². The monoisotopic (exact) mass is 206 g/mol. The first-order chi connectivity index (χ1) is 7.42. The molecule has 4 heteroatoms. The quantitative estimate of drug-likeness (QED) is 0.800. The molecule has 1 aromatic heterocycles. The van der Waals surface area contributed by atoms with Crippen molar-refractivity contribution in [3.8, 4) is 0 Å². The van der Waals surface area contributed by atoms with Gasteiger partial charge >= 0.3 is 0 Å². The van der Waals surface area contributed by atoms with Crippen molar-refractivity contribution < 1.29 is 0 Å². The molecule has 0 aliphatic carbocycles. The largest absolute Gasteiger partial charge is 0.329 e. The summed E-state index contributed by atoms with van der Waals surface area (Å²) in [6, 6.07) is 0.298. The molecule has 1 unspecified atom stereocenters. The van der Waals surface area contributed by atoms with Gasteiger partial charge in [0.05, 0.1) is 6.04 Å². The van der Waals surface area contributed by atoms with Crippen LogP contribution >= 0.6 is 0 Å². The molecule has 1 atom stereocenters. The van der Waals surface area contributed by atoms with Gasteiger partial charge in [0.2, 0.25) is 0 Å². The lowest BCUT2D eigenvalue weighted by Crippen LogP contribution is -2.37. The minimum atomic E-state index is 0.298. The molecule has 0 amide bonds. The SMILES string of the molecule is NCC(c1cncnc1)N1CCCCC1. The first kappa shape index (κ1) is 10.5. The van der Waals surface area contributed by atoms with Crippen molar-refractivity contribution in [3.05, 3.63) is 24.3 Å². The second-order valence-corrected chi connectivity index (χ2v) is 4.02. The third-order valence-electron chi connectivity index (χ3n) is 3.02. The topological polar surface area (TPSA) is 55.0 Å². The molecule has 15 heavy (non-hydrogen) atoms. The molecule has 0 saturated carbocycles. The zero-order chi connectivity index (χ0) is 10.5. The first-order valence-electron chi connectivity index (χ1n) is 5.61. The summed E-state index contributed by atoms with van der Waals surface area (Å²) in [4.78, 5) is 10.6. The highest BCUT2D eigenvalue weighted by Crippen LogP contribution is 2.22. The molecular weight excluding hydrogens is 188 g/mol. The number of piperidine rings is 1. The Balaban J connectivity index is 2.09. The van der Waals surface area contributed by atoms with Gasteiger partial charge in [-0.05, 0) is 25.9 Å². The second kappa shape index (κ2) is 5.19. The van der Waals surface area contributed by atoms with E-state index in [1.165, 1.54) is 19.3 Å². The van der Waals surface area contributed by atoms with Gasteiger partial charge in [-0.3, -0.25) is 4.90 Å². The van der Waals surface area contributed by atoms with E-state index in [0.29, 0.717) is 12.6 Å². The van der Waals surface area contributed by atoms with Crippen molar-refractivity contribution >= 4 is 0 Å². The number of likely N-dealkylation sites (tertiary alicyclic amines) is 1. The Morgan fingerprint density at radius 1 is 1.20 bits per heavy atom. The van der Waals surface area contributed by atoms with Gasteiger partial charge in [-0.1, -0.05) is 6.42 Å². The fourth-order valence-electron chi connectivity index (χ4n) is 2.21. The van der Waals surface area contributed by atoms with Crippen LogP contribution in [0.3, 0.4) is 0 Å². The van der Waals surface area contributed by atoms with Gasteiger partial charge < -0.3 is 5.73 Å². The lowest BCUT2D eigenvalue weighted by molar-refractivity contribution is 0.167. The summed E-state index contributed by atoms with van der Waals surface area (Å²) in [5.74, 6) is 0. The molecule has 2 N–H and O–H groups in total. The van der Waals surface area contributed by atoms with Gasteiger partial charge in [0.25, 0.3) is 0 Å². The minimum absolute atomic E-state index is 0.298. The minimum Gasteiger partial charge on any atom is -0.329 e. The summed E-state index contributed by atoms with van der Waals surface area (Å²) in [6.45, 7) is 2.95. The third kappa shape index (κ3) is 2.52. The van der Waals surface area contributed by atoms with Crippen LogP contribution in [0.5, 0.6) is 0 Å². The molecule has 0 aromatic carbocycles. The third-order valence-corrected chi connectivity index (χ3v) is 3.02. The van der Waals surface area contributed by atoms with Crippen molar-refractivity contribution in [3.63, 3.8) is 0 Å². The van der Waals surface area contributed by atoms with Crippen LogP contribution in [0.4, 0.5) is 0 Å². The van der Waals surface area contributed by atoms with Crippen molar-refractivity contribution in [2.75, 3.05) is 19.6 Å². The van der Waals surface area contributed by atoms with Crippen LogP contribution in [0.25, 0.3) is 0 Å². The molecule has 0 radical (unpaired) electrons. The molecule has 0 spiro atoms. The summed E-state index contributed by atoms with van der Waals surface area (Å²) in [5.41, 5.74) is 6.98. The van der Waals surface area contributed by atoms with Gasteiger partial charge in [0, 0.05) is 24.5 Å². The molecule has 1 aliphatic heterocycles. The highest BCUT2D eigenvalue weighted by atomic mass is 15.2. The van der Waals surface area contributed by atoms with E-state index in [1.807, 2.05) is 12.4 Å². The van der Waals surface area contributed by atoms with E-state index in [9.17, 15) is 0 Å². The summed E-state index contributed by atoms with van der Waals surface area (Å²) >= 11 is 0. The first-order valence-corrected chi connectivity index (χ1v) is 5.61. The second-order valence-electron chi connectivity index (χ2n) is 4.02. The van der Waals surface area contributed by atoms with Crippen LogP contribution < -0.4 is 5.73 Å². The fourth-order valence-corrected chi connectivity index (χ4v) is 2.21. The smallest absolute Gasteiger partial charge is 0.115 e. The van der Waals surface area contributed by atoms with Crippen LogP contribution in [0.1, 0.15) is 30.9 Å². The van der Waals surface area contributed by atoms with Gasteiger partial charge in [-0.15, -0.1) is 0 Å². The molecule has 1 aliphatic rings. The van der Waals surface area contributed by atoms with Crippen LogP contribution in [0.15, 0.2) is 18.7 Å². The van der Waals surface area contributed by atoms with Crippen LogP contribution in [0.2, 0.25) is 0 Å². The highest BCUT2D eigenvalue weighted by molar-refractivity contribution is 5.10. The van der Waals surface area contributed by atoms with E-state index in [4.69, 9.17) is 5.73 Å². The molecule has 2 heterocycles. The zero-order valence-electron chi connectivity index (χ0n) is 8.97. The number of hydrogen-bond acceptors (Lipinski definition) is 4. The maximum atomic E-state index is 5.84. The standard InChI is InChI=1S/C11H18N4/c12-6-11(10-7-13-9-14-8-10)15-4-2-1-3-5-15/h7-9,11H,1-6,12H2. The fraction of sp³-hybridized carbons (Fsp3) is 0.636. The van der Waals surface area contributed by atoms with E-state index in [0.717, 1.165) is 18.7 Å². The number of hydrogen-bond donors (Lipinski definition) is 1. The number of aromatic nitrogens is 2. The lowest BCUT2D eigenvalue weighted by atomic mass is 10.0. The predicted molar refractivity (Wildman–Crippen MR) is 59.3 cm³/mol. The van der Waals surface area contributed by atoms with Crippen molar-refractivity contribution in [1.82, 2.24) is 14.9 Å². The van der Waals surface area contributed by atoms with Crippen LogP contribution in [-0.2, 0) is 0 Å². The van der Waals surface area contributed by atoms with E-state index < -0.39 is 0 Å².